The smallest absolute Gasteiger partial charge is 0.168 e. The van der Waals surface area contributed by atoms with Gasteiger partial charge in [0.05, 0.1) is 54.2 Å². The molecule has 5 aliphatic carbocycles. The first kappa shape index (κ1) is 92.8. The van der Waals surface area contributed by atoms with Crippen LogP contribution in [0.5, 0.6) is 0 Å². The van der Waals surface area contributed by atoms with Crippen molar-refractivity contribution in [2.75, 3.05) is 73.5 Å². The Bertz CT molecular complexity index is 6300. The molecule has 0 spiro atoms. The molecule has 7 fully saturated rings. The van der Waals surface area contributed by atoms with Crippen molar-refractivity contribution >= 4 is 157 Å². The normalized spacial score (nSPS) is 19.5. The number of furan rings is 1. The number of amidine groups is 5. The Balaban J connectivity index is 0.000000116. The average Bonchev–Trinajstić information content (AvgIpc) is 1.46. The molecular weight excluding hydrogens is 1710 g/mol. The first-order valence-electron chi connectivity index (χ1n) is 47.7. The molecule has 2 unspecified atom stereocenters. The van der Waals surface area contributed by atoms with Crippen LogP contribution in [0, 0.1) is 17.8 Å². The summed E-state index contributed by atoms with van der Waals surface area (Å²) in [6, 6.07) is 64.1. The zero-order valence-electron chi connectivity index (χ0n) is 77.0. The zero-order chi connectivity index (χ0) is 90.7. The third kappa shape index (κ3) is 24.5. The van der Waals surface area contributed by atoms with Crippen molar-refractivity contribution in [3.8, 4) is 0 Å². The minimum atomic E-state index is 0.396. The predicted octanol–water partition coefficient (Wildman–Crippen LogP) is 21.2. The summed E-state index contributed by atoms with van der Waals surface area (Å²) in [4.78, 5) is 34.1. The average molecular weight is 1840 g/mol. The fourth-order valence-corrected chi connectivity index (χ4v) is 23.0. The second-order valence-corrected chi connectivity index (χ2v) is 40.7. The lowest BCUT2D eigenvalue weighted by atomic mass is 9.53. The second-order valence-electron chi connectivity index (χ2n) is 36.9. The Morgan fingerprint density at radius 3 is 1.19 bits per heavy atom. The van der Waals surface area contributed by atoms with Gasteiger partial charge in [0.25, 0.3) is 0 Å². The monoisotopic (exact) mass is 1840 g/mol. The van der Waals surface area contributed by atoms with Gasteiger partial charge in [-0.05, 0) is 373 Å². The highest BCUT2D eigenvalue weighted by Crippen LogP contribution is 2.56. The van der Waals surface area contributed by atoms with E-state index in [0.717, 1.165) is 169 Å². The molecule has 2 saturated heterocycles. The van der Waals surface area contributed by atoms with Crippen molar-refractivity contribution < 1.29 is 4.42 Å². The van der Waals surface area contributed by atoms with Crippen molar-refractivity contribution in [1.29, 1.82) is 0 Å². The number of nitrogens with two attached hydrogens (primary N) is 5. The van der Waals surface area contributed by atoms with Crippen molar-refractivity contribution in [3.05, 3.63) is 266 Å². The largest absolute Gasteiger partial charge is 0.461 e. The summed E-state index contributed by atoms with van der Waals surface area (Å²) in [5.74, 6) is 6.35. The molecular formula is C106H131N21OS4. The van der Waals surface area contributed by atoms with Crippen LogP contribution in [0.4, 0.5) is 28.4 Å². The van der Waals surface area contributed by atoms with Crippen LogP contribution in [0.1, 0.15) is 141 Å². The Hall–Kier alpha value is -11.0. The fraction of sp³-hybridized carbons (Fsp3) is 0.387. The number of aliphatic imine (C=N–C) groups is 5. The quantitative estimate of drug-likeness (QED) is 0.0106. The van der Waals surface area contributed by atoms with Gasteiger partial charge in [0.2, 0.25) is 0 Å². The van der Waals surface area contributed by atoms with Gasteiger partial charge in [-0.25, -0.2) is 25.0 Å². The highest BCUT2D eigenvalue weighted by molar-refractivity contribution is 7.13. The van der Waals surface area contributed by atoms with Gasteiger partial charge in [-0.2, -0.15) is 0 Å². The highest BCUT2D eigenvalue weighted by atomic mass is 32.1. The van der Waals surface area contributed by atoms with Crippen LogP contribution in [-0.4, -0.2) is 164 Å². The summed E-state index contributed by atoms with van der Waals surface area (Å²) in [6.45, 7) is 16.7. The summed E-state index contributed by atoms with van der Waals surface area (Å²) in [5, 5.41) is 25.4. The number of thiophene rings is 4. The predicted molar refractivity (Wildman–Crippen MR) is 558 cm³/mol. The number of aromatic nitrogens is 5. The topological polar surface area (TPSA) is 276 Å². The number of likely N-dealkylation sites (tertiary alicyclic amines) is 2. The van der Waals surface area contributed by atoms with E-state index in [1.807, 2.05) is 100 Å². The number of hydrogen-bond acceptors (Lipinski definition) is 16. The molecule has 13 N–H and O–H groups in total. The molecule has 690 valence electrons. The van der Waals surface area contributed by atoms with Crippen molar-refractivity contribution in [3.63, 3.8) is 0 Å². The molecule has 26 heteroatoms. The maximum Gasteiger partial charge on any atom is 0.168 e. The third-order valence-corrected chi connectivity index (χ3v) is 30.6. The molecule has 15 aromatic rings. The van der Waals surface area contributed by atoms with E-state index in [1.54, 1.807) is 51.6 Å². The van der Waals surface area contributed by atoms with E-state index >= 15 is 0 Å². The van der Waals surface area contributed by atoms with Gasteiger partial charge >= 0.3 is 0 Å². The molecule has 132 heavy (non-hydrogen) atoms. The van der Waals surface area contributed by atoms with Crippen molar-refractivity contribution in [2.45, 2.75) is 172 Å². The molecule has 10 aromatic heterocycles. The molecule has 5 saturated carbocycles. The molecule has 7 aliphatic rings. The van der Waals surface area contributed by atoms with Crippen LogP contribution >= 0.6 is 45.3 Å². The molecule has 4 bridgehead atoms. The van der Waals surface area contributed by atoms with E-state index in [0.29, 0.717) is 40.5 Å². The van der Waals surface area contributed by atoms with E-state index in [1.165, 1.54) is 164 Å². The minimum absolute atomic E-state index is 0.396. The van der Waals surface area contributed by atoms with E-state index in [4.69, 9.17) is 33.1 Å². The number of nitrogens with zero attached hydrogens (tertiary/aromatic N) is 13. The van der Waals surface area contributed by atoms with E-state index in [2.05, 4.69) is 241 Å². The van der Waals surface area contributed by atoms with Crippen LogP contribution in [0.2, 0.25) is 0 Å². The van der Waals surface area contributed by atoms with Gasteiger partial charge in [0.15, 0.2) is 11.6 Å². The summed E-state index contributed by atoms with van der Waals surface area (Å²) >= 11 is 6.45. The first-order chi connectivity index (χ1) is 64.5. The molecule has 2 aliphatic heterocycles. The van der Waals surface area contributed by atoms with Crippen LogP contribution in [-0.2, 0) is 32.7 Å². The number of benzene rings is 5. The minimum Gasteiger partial charge on any atom is -0.461 e. The van der Waals surface area contributed by atoms with Gasteiger partial charge in [0, 0.05) is 148 Å². The number of rotatable bonds is 34. The molecule has 12 heterocycles. The molecule has 22 nitrogen and oxygen atoms in total. The number of nitrogens with one attached hydrogen (secondary N) is 3. The van der Waals surface area contributed by atoms with Gasteiger partial charge in [0.1, 0.15) is 23.3 Å². The van der Waals surface area contributed by atoms with Crippen LogP contribution < -0.4 is 44.6 Å². The van der Waals surface area contributed by atoms with Gasteiger partial charge in [-0.1, -0.05) is 31.2 Å². The Morgan fingerprint density at radius 1 is 0.432 bits per heavy atom. The lowest BCUT2D eigenvalue weighted by Gasteiger charge is -2.57. The molecule has 0 radical (unpaired) electrons. The Labute approximate surface area is 793 Å². The summed E-state index contributed by atoms with van der Waals surface area (Å²) in [5.41, 5.74) is 41.7. The van der Waals surface area contributed by atoms with Crippen LogP contribution in [0.3, 0.4) is 0 Å². The number of aryl methyl sites for hydroxylation is 5. The lowest BCUT2D eigenvalue weighted by molar-refractivity contribution is -0.0196. The Kier molecular flexibility index (Phi) is 31.4. The van der Waals surface area contributed by atoms with Crippen molar-refractivity contribution in [1.82, 2.24) is 53.5 Å². The van der Waals surface area contributed by atoms with Crippen LogP contribution in [0.15, 0.2) is 270 Å². The van der Waals surface area contributed by atoms with Gasteiger partial charge in [-0.15, -0.1) is 45.3 Å². The first-order valence-corrected chi connectivity index (χ1v) is 51.2. The van der Waals surface area contributed by atoms with E-state index < -0.39 is 0 Å². The lowest BCUT2D eigenvalue weighted by Crippen LogP contribution is -2.58. The van der Waals surface area contributed by atoms with Gasteiger partial charge < -0.3 is 81.7 Å². The number of hydrogen-bond donors (Lipinski definition) is 8. The summed E-state index contributed by atoms with van der Waals surface area (Å²) < 4.78 is 17.0. The molecule has 5 aromatic carbocycles. The SMILES string of the molecule is CCN1CCCC1CNCCCn1ccc2cc(N=C(N)c3cccs3)ccc21.CN(C)CCCn1ccc2cc(N=C(N)c3cccs3)ccc21.CN1CCCC1CCn1ccc2cc(N=C(N)c3ccco3)ccc21.NC(=Nc1ccc2c(ccn2CCCNC23CC4CC(CC(C4)C2)C3)c1)c1cccs1.NC(=Nc1ccc2c(ccn2CCCNC2CC2)c1)c1cccs1. The van der Waals surface area contributed by atoms with Gasteiger partial charge in [-0.3, -0.25) is 4.90 Å². The highest BCUT2D eigenvalue weighted by Gasteiger charge is 2.50. The summed E-state index contributed by atoms with van der Waals surface area (Å²) in [6.07, 6.45) is 35.2. The second kappa shape index (κ2) is 44.7. The van der Waals surface area contributed by atoms with E-state index in [9.17, 15) is 0 Å². The fourth-order valence-electron chi connectivity index (χ4n) is 20.5. The molecule has 0 amide bonds. The third-order valence-electron chi connectivity index (χ3n) is 27.0. The zero-order valence-corrected chi connectivity index (χ0v) is 80.3. The number of fused-ring (bicyclic) bond motifs is 5. The maximum atomic E-state index is 6.16. The molecule has 22 rings (SSSR count). The molecule has 2 atom stereocenters. The maximum absolute atomic E-state index is 6.16. The summed E-state index contributed by atoms with van der Waals surface area (Å²) in [7, 11) is 6.45. The van der Waals surface area contributed by atoms with Crippen molar-refractivity contribution in [2.24, 2.45) is 71.4 Å². The number of likely N-dealkylation sites (N-methyl/N-ethyl adjacent to an activating group) is 1. The van der Waals surface area contributed by atoms with Crippen LogP contribution in [0.25, 0.3) is 54.5 Å². The van der Waals surface area contributed by atoms with E-state index in [-0.39, 0.29) is 0 Å². The standard InChI is InChI=1S/C26H32N4S.C23H31N5S.C20H24N4O.C19H22N4S.C18H22N4S/c27-25(24-3-1-10-31-24)29-22-4-5-23-21(14-22)6-9-30(23)8-2-7-28-26-15-18-11-19(16-26)13-20(12-18)17-26;1-2-27-12-3-6-20(27)17-25-11-5-13-28-14-10-18-16-19(8-9-21(18)28)26-23(24)22-7-4-15-29-22;1-23-10-2-4-17(23)9-12-24-11-8-15-14-16(6-7-18(15)24)22-20(21)19-5-3-13-25-19;20-19(18-3-1-12-24-18)22-16-6-7-17-14(13-16)8-11-23(17)10-2-9-21-15-4-5-15;1-21(2)9-4-10-22-11-8-14-13-15(6-7-16(14)22)20-18(19)17-5-3-12-23-17/h1,3-6,9-10,14,18-20,28H,2,7-8,11-13,15-17H2,(H2,27,29);4,7-10,14-16,20,25H,2-3,5-6,11-13,17H2,1H3,(H2,24,26);3,5-8,11,13-14,17H,2,4,9-10,12H2,1H3,(H2,21,22);1,3,6-8,11-13,15,21H,2,4-5,9-10H2,(H2,20,22);3,5-8,11-13H,4,9-10H2,1-2H3,(H2,19,20). The Morgan fingerprint density at radius 2 is 0.818 bits per heavy atom.